The number of hydrogen-bond donors (Lipinski definition) is 13. The lowest BCUT2D eigenvalue weighted by molar-refractivity contribution is -0.142. The predicted octanol–water partition coefficient (Wildman–Crippen LogP) is -2.66. The summed E-state index contributed by atoms with van der Waals surface area (Å²) >= 11 is 0. The Morgan fingerprint density at radius 2 is 1.21 bits per heavy atom. The van der Waals surface area contributed by atoms with Gasteiger partial charge in [0.15, 0.2) is 5.96 Å². The molecule has 0 saturated carbocycles. The van der Waals surface area contributed by atoms with Crippen LogP contribution in [0.25, 0.3) is 0 Å². The van der Waals surface area contributed by atoms with E-state index in [4.69, 9.17) is 22.9 Å². The highest BCUT2D eigenvalue weighted by Crippen LogP contribution is 2.26. The molecular formula is C50H65N13O12S2. The summed E-state index contributed by atoms with van der Waals surface area (Å²) in [5.41, 5.74) is 23.3. The van der Waals surface area contributed by atoms with Crippen LogP contribution in [0.5, 0.6) is 11.5 Å². The molecule has 2 aliphatic heterocycles. The molecule has 2 aliphatic rings. The second kappa shape index (κ2) is 29.9. The lowest BCUT2D eigenvalue weighted by Gasteiger charge is -2.31. The minimum atomic E-state index is -1.74. The number of carbonyl (C=O) groups is 10. The quantitative estimate of drug-likeness (QED) is 0.0268. The van der Waals surface area contributed by atoms with E-state index < -0.39 is 114 Å². The first-order valence-electron chi connectivity index (χ1n) is 24.6. The Bertz CT molecular complexity index is 2610. The minimum Gasteiger partial charge on any atom is -0.508 e. The number of hydrogen-bond acceptors (Lipinski definition) is 15. The van der Waals surface area contributed by atoms with E-state index in [0.717, 1.165) is 21.6 Å². The third-order valence-electron chi connectivity index (χ3n) is 12.2. The maximum atomic E-state index is 14.7. The van der Waals surface area contributed by atoms with Crippen molar-refractivity contribution in [1.82, 2.24) is 42.1 Å². The molecule has 0 unspecified atom stereocenters. The highest BCUT2D eigenvalue weighted by molar-refractivity contribution is 8.76. The van der Waals surface area contributed by atoms with Crippen molar-refractivity contribution >= 4 is 86.6 Å². The Kier molecular flexibility index (Phi) is 23.2. The molecule has 27 heteroatoms. The van der Waals surface area contributed by atoms with Crippen LogP contribution >= 0.6 is 21.6 Å². The van der Waals surface area contributed by atoms with Crippen LogP contribution in [0.15, 0.2) is 83.9 Å². The highest BCUT2D eigenvalue weighted by atomic mass is 33.1. The zero-order chi connectivity index (χ0) is 56.0. The number of guanidine groups is 1. The molecule has 17 N–H and O–H groups in total. The first-order valence-corrected chi connectivity index (χ1v) is 27.1. The molecule has 2 fully saturated rings. The second-order valence-electron chi connectivity index (χ2n) is 18.2. The zero-order valence-corrected chi connectivity index (χ0v) is 43.6. The summed E-state index contributed by atoms with van der Waals surface area (Å²) in [6.07, 6.45) is -0.595. The van der Waals surface area contributed by atoms with Crippen LogP contribution in [0.3, 0.4) is 0 Å². The number of carbonyl (C=O) groups excluding carboxylic acids is 10. The average molecular weight is 1100 g/mol. The molecule has 5 rings (SSSR count). The number of amides is 10. The van der Waals surface area contributed by atoms with Crippen LogP contribution in [0, 0.1) is 0 Å². The van der Waals surface area contributed by atoms with Gasteiger partial charge in [0.25, 0.3) is 0 Å². The fourth-order valence-electron chi connectivity index (χ4n) is 8.30. The summed E-state index contributed by atoms with van der Waals surface area (Å²) in [7, 11) is 2.22. The van der Waals surface area contributed by atoms with Crippen molar-refractivity contribution in [2.75, 3.05) is 31.1 Å². The van der Waals surface area contributed by atoms with Gasteiger partial charge >= 0.3 is 0 Å². The van der Waals surface area contributed by atoms with Crippen LogP contribution in [-0.2, 0) is 67.2 Å². The van der Waals surface area contributed by atoms with Gasteiger partial charge in [-0.05, 0) is 66.6 Å². The van der Waals surface area contributed by atoms with E-state index in [1.807, 2.05) is 0 Å². The Hall–Kier alpha value is -8.07. The number of aliphatic imine (C=N–C) groups is 1. The lowest BCUT2D eigenvalue weighted by atomic mass is 10.0. The molecule has 0 radical (unpaired) electrons. The molecule has 25 nitrogen and oxygen atoms in total. The first kappa shape index (κ1) is 59.8. The molecule has 2 saturated heterocycles. The molecule has 0 aliphatic carbocycles. The van der Waals surface area contributed by atoms with Gasteiger partial charge in [-0.2, -0.15) is 0 Å². The van der Waals surface area contributed by atoms with E-state index in [2.05, 4.69) is 42.2 Å². The van der Waals surface area contributed by atoms with Crippen LogP contribution < -0.4 is 60.2 Å². The molecule has 2 heterocycles. The molecule has 0 spiro atoms. The number of nitrogens with one attached hydrogen (secondary N) is 7. The number of benzene rings is 3. The van der Waals surface area contributed by atoms with Crippen molar-refractivity contribution in [2.45, 2.75) is 100 Å². The number of aromatic hydroxyl groups is 2. The monoisotopic (exact) mass is 1100 g/mol. The van der Waals surface area contributed by atoms with Gasteiger partial charge < -0.3 is 75.3 Å². The molecule has 414 valence electrons. The number of primary amides is 2. The summed E-state index contributed by atoms with van der Waals surface area (Å²) < 4.78 is 0. The fraction of sp³-hybridized carbons (Fsp3) is 0.420. The number of phenolic OH excluding ortho intramolecular Hbond substituents is 2. The Balaban J connectivity index is 1.48. The van der Waals surface area contributed by atoms with Gasteiger partial charge in [0.05, 0.1) is 13.0 Å². The van der Waals surface area contributed by atoms with Crippen molar-refractivity contribution in [3.63, 3.8) is 0 Å². The smallest absolute Gasteiger partial charge is 0.246 e. The molecule has 7 atom stereocenters. The summed E-state index contributed by atoms with van der Waals surface area (Å²) in [6.45, 7) is -0.380. The first-order chi connectivity index (χ1) is 36.8. The minimum absolute atomic E-state index is 0.0192. The maximum absolute atomic E-state index is 14.7. The summed E-state index contributed by atoms with van der Waals surface area (Å²) in [5, 5.41) is 38.3. The number of phenols is 2. The number of nitrogens with zero attached hydrogens (tertiary/aromatic N) is 2. The van der Waals surface area contributed by atoms with Crippen molar-refractivity contribution in [3.05, 3.63) is 95.6 Å². The van der Waals surface area contributed by atoms with E-state index in [-0.39, 0.29) is 87.0 Å². The summed E-state index contributed by atoms with van der Waals surface area (Å²) in [4.78, 5) is 142. The van der Waals surface area contributed by atoms with E-state index in [9.17, 15) is 58.2 Å². The van der Waals surface area contributed by atoms with E-state index >= 15 is 0 Å². The zero-order valence-electron chi connectivity index (χ0n) is 41.9. The highest BCUT2D eigenvalue weighted by Gasteiger charge is 2.40. The van der Waals surface area contributed by atoms with E-state index in [1.165, 1.54) is 41.3 Å². The molecule has 77 heavy (non-hydrogen) atoms. The van der Waals surface area contributed by atoms with Crippen LogP contribution in [-0.4, -0.2) is 154 Å². The van der Waals surface area contributed by atoms with Gasteiger partial charge in [-0.15, -0.1) is 0 Å². The average Bonchev–Trinajstić information content (AvgIpc) is 3.89. The summed E-state index contributed by atoms with van der Waals surface area (Å²) in [6, 6.07) is 10.6. The summed E-state index contributed by atoms with van der Waals surface area (Å²) in [5.74, 6) is -8.64. The third kappa shape index (κ3) is 19.9. The Labute approximate surface area is 451 Å². The van der Waals surface area contributed by atoms with Crippen LogP contribution in [0.2, 0.25) is 0 Å². The van der Waals surface area contributed by atoms with Crippen molar-refractivity contribution in [1.29, 1.82) is 0 Å². The van der Waals surface area contributed by atoms with Gasteiger partial charge in [0, 0.05) is 50.3 Å². The van der Waals surface area contributed by atoms with Gasteiger partial charge in [-0.25, -0.2) is 0 Å². The van der Waals surface area contributed by atoms with Crippen LogP contribution in [0.4, 0.5) is 0 Å². The SMILES string of the molecule is NC(=O)CNC(=O)[C@H](CCCN=C(N)N)NC(=O)[C@@H]1CCCN1C(=O)[C@@H]1CSSCCC(=O)N[C@@H](Cc2ccc(O)cc2)C(=O)N[C@@H](Cc2ccccc2)C(=O)N[C@@H](Cc2ccc(O)cc2)C(=O)N[C@@H](CC(N)=O)C(=O)N1. The fourth-order valence-corrected chi connectivity index (χ4v) is 10.4. The van der Waals surface area contributed by atoms with Gasteiger partial charge in [0.1, 0.15) is 53.8 Å². The second-order valence-corrected chi connectivity index (χ2v) is 20.8. The molecule has 3 aromatic carbocycles. The maximum Gasteiger partial charge on any atom is 0.246 e. The van der Waals surface area contributed by atoms with Gasteiger partial charge in [0.2, 0.25) is 59.1 Å². The molecule has 0 aromatic heterocycles. The third-order valence-corrected chi connectivity index (χ3v) is 14.6. The molecule has 0 bridgehead atoms. The van der Waals surface area contributed by atoms with Crippen molar-refractivity contribution < 1.29 is 58.2 Å². The van der Waals surface area contributed by atoms with Crippen molar-refractivity contribution in [2.24, 2.45) is 27.9 Å². The topological polar surface area (TPSA) is 415 Å². The lowest BCUT2D eigenvalue weighted by Crippen LogP contribution is -2.61. The number of nitrogens with two attached hydrogens (primary N) is 4. The predicted molar refractivity (Wildman–Crippen MR) is 286 cm³/mol. The molecule has 3 aromatic rings. The standard InChI is InChI=1S/C50H65N13O12S2/c51-40(66)25-37-47(73)62-38(49(75)63-20-5-9-39(63)48(74)58-33(8-4-19-55-50(53)54)43(69)56-26-41(52)67)27-77-76-21-18-42(68)57-34(23-29-10-14-31(64)15-11-29)44(70)59-35(22-28-6-2-1-3-7-28)45(71)60-36(46(72)61-37)24-30-12-16-32(65)17-13-30/h1-3,6-7,10-17,33-39,64-65H,4-5,8-9,18-27H2,(H2,51,66)(H2,52,67)(H,56,69)(H,57,68)(H,58,74)(H,59,70)(H,60,71)(H,61,72)(H,62,73)(H4,53,54,55)/t33-,34-,35-,36-,37-,38-,39-/m0/s1. The Morgan fingerprint density at radius 1 is 0.675 bits per heavy atom. The van der Waals surface area contributed by atoms with E-state index in [1.54, 1.807) is 42.5 Å². The van der Waals surface area contributed by atoms with Crippen LogP contribution in [0.1, 0.15) is 55.2 Å². The molecule has 10 amide bonds. The Morgan fingerprint density at radius 3 is 1.75 bits per heavy atom. The van der Waals surface area contributed by atoms with E-state index in [0.29, 0.717) is 23.1 Å². The van der Waals surface area contributed by atoms with Gasteiger partial charge in [-0.3, -0.25) is 52.9 Å². The van der Waals surface area contributed by atoms with Crippen molar-refractivity contribution in [3.8, 4) is 11.5 Å². The number of likely N-dealkylation sites (tertiary alicyclic amines) is 1. The largest absolute Gasteiger partial charge is 0.508 e. The normalized spacial score (nSPS) is 21.4. The molecular weight excluding hydrogens is 1040 g/mol. The van der Waals surface area contributed by atoms with Gasteiger partial charge in [-0.1, -0.05) is 76.2 Å². The number of rotatable bonds is 18.